The molecule has 0 aliphatic heterocycles. The van der Waals surface area contributed by atoms with Crippen molar-refractivity contribution in [2.24, 2.45) is 0 Å². The van der Waals surface area contributed by atoms with Gasteiger partial charge in [-0.15, -0.1) is 26.3 Å². The van der Waals surface area contributed by atoms with E-state index in [2.05, 4.69) is 47.6 Å². The van der Waals surface area contributed by atoms with Crippen LogP contribution in [0.2, 0.25) is 0 Å². The molecule has 4 rings (SSSR count). The van der Waals surface area contributed by atoms with Crippen molar-refractivity contribution >= 4 is 22.7 Å². The second-order valence-electron chi connectivity index (χ2n) is 9.55. The Labute approximate surface area is 253 Å². The summed E-state index contributed by atoms with van der Waals surface area (Å²) in [5, 5.41) is 35.7. The molecule has 7 nitrogen and oxygen atoms in total. The molecule has 0 amide bonds. The SMILES string of the molecule is C=CCNc1cccc(-c2cccc(NCC=C)c2Oc2c(NCC=C)cccc2-c2cccc(NCC=C)c2O)c1O. The van der Waals surface area contributed by atoms with Gasteiger partial charge in [-0.2, -0.15) is 0 Å². The number of anilines is 4. The Hall–Kier alpha value is -5.56. The standard InChI is InChI=1S/C36H38N4O3/c1-5-21-37-29-17-9-13-25(33(29)41)27-15-11-19-31(39-23-7-3)35(27)43-36-28(16-12-20-32(36)40-24-8-4)26-14-10-18-30(34(26)42)38-22-6-2/h5-20,37-42H,1-4,21-24H2. The molecule has 4 aromatic carbocycles. The Morgan fingerprint density at radius 3 is 1.12 bits per heavy atom. The first-order valence-electron chi connectivity index (χ1n) is 14.0. The maximum Gasteiger partial charge on any atom is 0.158 e. The first-order valence-corrected chi connectivity index (χ1v) is 14.0. The third-order valence-electron chi connectivity index (χ3n) is 6.63. The number of rotatable bonds is 16. The summed E-state index contributed by atoms with van der Waals surface area (Å²) in [4.78, 5) is 0. The first kappa shape index (κ1) is 30.4. The average molecular weight is 575 g/mol. The van der Waals surface area contributed by atoms with E-state index >= 15 is 0 Å². The molecule has 0 aliphatic rings. The molecule has 6 N–H and O–H groups in total. The van der Waals surface area contributed by atoms with Crippen molar-refractivity contribution in [3.05, 3.63) is 123 Å². The van der Waals surface area contributed by atoms with Gasteiger partial charge in [0.25, 0.3) is 0 Å². The normalized spacial score (nSPS) is 10.3. The number of benzene rings is 4. The molecule has 7 heteroatoms. The van der Waals surface area contributed by atoms with Crippen LogP contribution in [-0.4, -0.2) is 36.4 Å². The second-order valence-corrected chi connectivity index (χ2v) is 9.55. The lowest BCUT2D eigenvalue weighted by atomic mass is 10.00. The Morgan fingerprint density at radius 2 is 0.767 bits per heavy atom. The number of nitrogens with one attached hydrogen (secondary N) is 4. The molecule has 0 saturated heterocycles. The van der Waals surface area contributed by atoms with Crippen LogP contribution in [0.3, 0.4) is 0 Å². The second kappa shape index (κ2) is 14.9. The van der Waals surface area contributed by atoms with Crippen LogP contribution < -0.4 is 26.0 Å². The summed E-state index contributed by atoms with van der Waals surface area (Å²) in [6.45, 7) is 17.2. The van der Waals surface area contributed by atoms with Crippen LogP contribution in [0.5, 0.6) is 23.0 Å². The predicted octanol–water partition coefficient (Wildman–Crippen LogP) is 8.62. The van der Waals surface area contributed by atoms with Gasteiger partial charge < -0.3 is 36.2 Å². The molecule has 0 heterocycles. The molecule has 0 unspecified atom stereocenters. The average Bonchev–Trinajstić information content (AvgIpc) is 3.03. The molecule has 0 aliphatic carbocycles. The molecule has 0 fully saturated rings. The minimum Gasteiger partial charge on any atom is -0.505 e. The maximum absolute atomic E-state index is 11.3. The lowest BCUT2D eigenvalue weighted by molar-refractivity contribution is 0.473. The summed E-state index contributed by atoms with van der Waals surface area (Å²) in [7, 11) is 0. The van der Waals surface area contributed by atoms with E-state index in [0.29, 0.717) is 82.7 Å². The number of para-hydroxylation sites is 4. The van der Waals surface area contributed by atoms with E-state index in [9.17, 15) is 10.2 Å². The summed E-state index contributed by atoms with van der Waals surface area (Å²) in [6.07, 6.45) is 6.98. The van der Waals surface area contributed by atoms with Gasteiger partial charge in [-0.3, -0.25) is 0 Å². The highest BCUT2D eigenvalue weighted by atomic mass is 16.5. The highest BCUT2D eigenvalue weighted by Gasteiger charge is 2.22. The minimum absolute atomic E-state index is 0.0898. The predicted molar refractivity (Wildman–Crippen MR) is 182 cm³/mol. The first-order chi connectivity index (χ1) is 21.0. The van der Waals surface area contributed by atoms with E-state index < -0.39 is 0 Å². The van der Waals surface area contributed by atoms with Crippen LogP contribution in [-0.2, 0) is 0 Å². The molecule has 0 aromatic heterocycles. The number of aromatic hydroxyl groups is 2. The van der Waals surface area contributed by atoms with Crippen molar-refractivity contribution in [1.29, 1.82) is 0 Å². The molecule has 0 radical (unpaired) electrons. The van der Waals surface area contributed by atoms with Gasteiger partial charge in [0.05, 0.1) is 22.7 Å². The fraction of sp³-hybridized carbons (Fsp3) is 0.111. The van der Waals surface area contributed by atoms with Gasteiger partial charge in [-0.05, 0) is 24.3 Å². The molecule has 0 bridgehead atoms. The van der Waals surface area contributed by atoms with Gasteiger partial charge in [0.2, 0.25) is 0 Å². The fourth-order valence-electron chi connectivity index (χ4n) is 4.63. The maximum atomic E-state index is 11.3. The molecular weight excluding hydrogens is 536 g/mol. The largest absolute Gasteiger partial charge is 0.505 e. The van der Waals surface area contributed by atoms with E-state index in [1.54, 1.807) is 24.3 Å². The van der Waals surface area contributed by atoms with Crippen molar-refractivity contribution in [3.63, 3.8) is 0 Å². The third kappa shape index (κ3) is 7.02. The Balaban J connectivity index is 1.94. The summed E-state index contributed by atoms with van der Waals surface area (Å²) in [5.41, 5.74) is 5.08. The Morgan fingerprint density at radius 1 is 0.465 bits per heavy atom. The van der Waals surface area contributed by atoms with E-state index in [0.717, 1.165) is 0 Å². The monoisotopic (exact) mass is 574 g/mol. The van der Waals surface area contributed by atoms with E-state index in [1.165, 1.54) is 0 Å². The zero-order valence-electron chi connectivity index (χ0n) is 24.2. The highest BCUT2D eigenvalue weighted by molar-refractivity contribution is 5.89. The lowest BCUT2D eigenvalue weighted by Crippen LogP contribution is -2.05. The Kier molecular flexibility index (Phi) is 10.5. The number of hydrogen-bond acceptors (Lipinski definition) is 7. The topological polar surface area (TPSA) is 97.8 Å². The molecule has 43 heavy (non-hydrogen) atoms. The summed E-state index contributed by atoms with van der Waals surface area (Å²) < 4.78 is 6.87. The van der Waals surface area contributed by atoms with Crippen molar-refractivity contribution in [3.8, 4) is 45.3 Å². The van der Waals surface area contributed by atoms with Gasteiger partial charge in [0, 0.05) is 48.4 Å². The van der Waals surface area contributed by atoms with Gasteiger partial charge in [0.1, 0.15) is 11.5 Å². The van der Waals surface area contributed by atoms with Gasteiger partial charge in [0.15, 0.2) is 11.5 Å². The van der Waals surface area contributed by atoms with Gasteiger partial charge in [-0.1, -0.05) is 72.8 Å². The summed E-state index contributed by atoms with van der Waals surface area (Å²) in [6, 6.07) is 22.5. The van der Waals surface area contributed by atoms with E-state index in [4.69, 9.17) is 4.74 Å². The van der Waals surface area contributed by atoms with Gasteiger partial charge in [-0.25, -0.2) is 0 Å². The number of phenols is 2. The summed E-state index contributed by atoms with van der Waals surface area (Å²) >= 11 is 0. The van der Waals surface area contributed by atoms with Crippen molar-refractivity contribution < 1.29 is 14.9 Å². The van der Waals surface area contributed by atoms with Gasteiger partial charge >= 0.3 is 0 Å². The molecule has 0 spiro atoms. The smallest absolute Gasteiger partial charge is 0.158 e. The quantitative estimate of drug-likeness (QED) is 0.0589. The number of ether oxygens (including phenoxy) is 1. The van der Waals surface area contributed by atoms with Crippen molar-refractivity contribution in [2.75, 3.05) is 47.4 Å². The van der Waals surface area contributed by atoms with E-state index in [-0.39, 0.29) is 11.5 Å². The molecule has 0 atom stereocenters. The van der Waals surface area contributed by atoms with Crippen molar-refractivity contribution in [2.45, 2.75) is 0 Å². The fourth-order valence-corrected chi connectivity index (χ4v) is 4.63. The molecule has 0 saturated carbocycles. The number of phenolic OH excluding ortho intramolecular Hbond substituents is 2. The van der Waals surface area contributed by atoms with Crippen LogP contribution in [0, 0.1) is 0 Å². The highest BCUT2D eigenvalue weighted by Crippen LogP contribution is 2.49. The van der Waals surface area contributed by atoms with Crippen LogP contribution >= 0.6 is 0 Å². The Bertz CT molecular complexity index is 1490. The van der Waals surface area contributed by atoms with Crippen LogP contribution in [0.1, 0.15) is 0 Å². The lowest BCUT2D eigenvalue weighted by Gasteiger charge is -2.22. The van der Waals surface area contributed by atoms with Crippen LogP contribution in [0.15, 0.2) is 123 Å². The third-order valence-corrected chi connectivity index (χ3v) is 6.63. The zero-order chi connectivity index (χ0) is 30.6. The number of hydrogen-bond donors (Lipinski definition) is 6. The molecule has 220 valence electrons. The molecular formula is C36H38N4O3. The molecule has 4 aromatic rings. The van der Waals surface area contributed by atoms with Crippen LogP contribution in [0.25, 0.3) is 22.3 Å². The minimum atomic E-state index is 0.0898. The van der Waals surface area contributed by atoms with Crippen molar-refractivity contribution in [1.82, 2.24) is 0 Å². The summed E-state index contributed by atoms with van der Waals surface area (Å²) in [5.74, 6) is 1.17. The van der Waals surface area contributed by atoms with E-state index in [1.807, 2.05) is 72.8 Å². The van der Waals surface area contributed by atoms with Crippen LogP contribution in [0.4, 0.5) is 22.7 Å². The zero-order valence-corrected chi connectivity index (χ0v) is 24.2.